The number of anilines is 2. The fraction of sp³-hybridized carbons (Fsp3) is 0.129. The van der Waals surface area contributed by atoms with Gasteiger partial charge in [0.25, 0.3) is 17.3 Å². The lowest BCUT2D eigenvalue weighted by Crippen LogP contribution is -2.19. The minimum absolute atomic E-state index is 0.0731. The van der Waals surface area contributed by atoms with E-state index in [-0.39, 0.29) is 23.4 Å². The van der Waals surface area contributed by atoms with E-state index < -0.39 is 44.5 Å². The van der Waals surface area contributed by atoms with Gasteiger partial charge in [-0.15, -0.1) is 0 Å². The summed E-state index contributed by atoms with van der Waals surface area (Å²) in [5.74, 6) is -3.69. The number of aryl methyl sites for hydroxylation is 2. The number of carboxylic acid groups (broad SMARTS) is 2. The van der Waals surface area contributed by atoms with Gasteiger partial charge in [0.2, 0.25) is 0 Å². The SMILES string of the molecule is Cc1cc(Cc2ccc(NC(=O)c3c(C(=O)O)cccc3[N+](=O)[O-])c(C)c2)ccc1NOCc1c(C(=O)O)cccc1[N+](=O)[O-]. The Morgan fingerprint density at radius 3 is 1.82 bits per heavy atom. The van der Waals surface area contributed by atoms with E-state index >= 15 is 0 Å². The standard InChI is InChI=1S/C31H26N4O10/c1-17-13-19(9-11-24(17)32-29(36)28-22(31(39)40)6-4-8-27(28)35(43)44)15-20-10-12-25(18(2)14-20)33-45-16-23-21(30(37)38)5-3-7-26(23)34(41)42/h3-14,33H,15-16H2,1-2H3,(H,32,36)(H,37,38)(H,39,40). The highest BCUT2D eigenvalue weighted by Crippen LogP contribution is 2.27. The first-order chi connectivity index (χ1) is 21.4. The number of benzene rings is 4. The lowest BCUT2D eigenvalue weighted by molar-refractivity contribution is -0.386. The molecule has 1 amide bonds. The molecule has 0 fully saturated rings. The van der Waals surface area contributed by atoms with Crippen molar-refractivity contribution in [2.24, 2.45) is 0 Å². The Kier molecular flexibility index (Phi) is 9.49. The van der Waals surface area contributed by atoms with Crippen LogP contribution in [0, 0.1) is 34.1 Å². The van der Waals surface area contributed by atoms with Crippen LogP contribution in [0.2, 0.25) is 0 Å². The molecule has 0 atom stereocenters. The van der Waals surface area contributed by atoms with Crippen LogP contribution in [0.25, 0.3) is 0 Å². The molecule has 0 aliphatic heterocycles. The number of hydrogen-bond donors (Lipinski definition) is 4. The van der Waals surface area contributed by atoms with Gasteiger partial charge in [-0.3, -0.25) is 35.3 Å². The first-order valence-electron chi connectivity index (χ1n) is 13.3. The van der Waals surface area contributed by atoms with Crippen LogP contribution in [-0.4, -0.2) is 37.9 Å². The molecule has 45 heavy (non-hydrogen) atoms. The van der Waals surface area contributed by atoms with Gasteiger partial charge in [0.05, 0.1) is 32.2 Å². The van der Waals surface area contributed by atoms with E-state index in [2.05, 4.69) is 10.8 Å². The zero-order valence-corrected chi connectivity index (χ0v) is 23.9. The van der Waals surface area contributed by atoms with Crippen molar-refractivity contribution in [1.29, 1.82) is 0 Å². The molecule has 4 aromatic carbocycles. The topological polar surface area (TPSA) is 211 Å². The van der Waals surface area contributed by atoms with Crippen LogP contribution in [0.15, 0.2) is 72.8 Å². The normalized spacial score (nSPS) is 10.6. The Hall–Kier alpha value is -6.15. The number of carboxylic acids is 2. The van der Waals surface area contributed by atoms with Gasteiger partial charge in [0.15, 0.2) is 0 Å². The third kappa shape index (κ3) is 7.26. The molecule has 14 heteroatoms. The molecular formula is C31H26N4O10. The molecule has 0 spiro atoms. The fourth-order valence-corrected chi connectivity index (χ4v) is 4.74. The van der Waals surface area contributed by atoms with Crippen LogP contribution in [0.3, 0.4) is 0 Å². The third-order valence-electron chi connectivity index (χ3n) is 6.91. The first-order valence-corrected chi connectivity index (χ1v) is 13.3. The van der Waals surface area contributed by atoms with Crippen molar-refractivity contribution in [1.82, 2.24) is 0 Å². The molecule has 4 rings (SSSR count). The molecule has 0 saturated heterocycles. The Labute approximate surface area is 255 Å². The van der Waals surface area contributed by atoms with E-state index in [1.807, 2.05) is 25.1 Å². The van der Waals surface area contributed by atoms with Crippen LogP contribution in [0.1, 0.15) is 58.9 Å². The number of rotatable bonds is 12. The Balaban J connectivity index is 1.44. The van der Waals surface area contributed by atoms with Crippen molar-refractivity contribution in [2.45, 2.75) is 26.9 Å². The number of carbonyl (C=O) groups is 3. The minimum atomic E-state index is -1.47. The molecule has 0 bridgehead atoms. The second-order valence-electron chi connectivity index (χ2n) is 9.95. The maximum atomic E-state index is 13.0. The van der Waals surface area contributed by atoms with Crippen molar-refractivity contribution in [3.8, 4) is 0 Å². The molecule has 0 unspecified atom stereocenters. The average molecular weight is 615 g/mol. The van der Waals surface area contributed by atoms with Crippen molar-refractivity contribution in [3.05, 3.63) is 138 Å². The van der Waals surface area contributed by atoms with Crippen molar-refractivity contribution >= 4 is 40.6 Å². The third-order valence-corrected chi connectivity index (χ3v) is 6.91. The highest BCUT2D eigenvalue weighted by Gasteiger charge is 2.27. The van der Waals surface area contributed by atoms with Gasteiger partial charge in [0.1, 0.15) is 12.2 Å². The molecule has 230 valence electrons. The fourth-order valence-electron chi connectivity index (χ4n) is 4.74. The van der Waals surface area contributed by atoms with Gasteiger partial charge < -0.3 is 15.5 Å². The number of nitrogens with zero attached hydrogens (tertiary/aromatic N) is 2. The summed E-state index contributed by atoms with van der Waals surface area (Å²) in [6.07, 6.45) is 0.503. The first kappa shape index (κ1) is 31.8. The quantitative estimate of drug-likeness (QED) is 0.109. The monoisotopic (exact) mass is 614 g/mol. The summed E-state index contributed by atoms with van der Waals surface area (Å²) in [4.78, 5) is 62.9. The molecule has 0 saturated carbocycles. The van der Waals surface area contributed by atoms with Crippen molar-refractivity contribution in [3.63, 3.8) is 0 Å². The summed E-state index contributed by atoms with van der Waals surface area (Å²) in [7, 11) is 0. The second-order valence-corrected chi connectivity index (χ2v) is 9.95. The lowest BCUT2D eigenvalue weighted by atomic mass is 10.00. The van der Waals surface area contributed by atoms with E-state index in [4.69, 9.17) is 4.84 Å². The largest absolute Gasteiger partial charge is 0.478 e. The number of carbonyl (C=O) groups excluding carboxylic acids is 1. The summed E-state index contributed by atoms with van der Waals surface area (Å²) in [5.41, 5.74) is 4.57. The highest BCUT2D eigenvalue weighted by molar-refractivity contribution is 6.13. The summed E-state index contributed by atoms with van der Waals surface area (Å²) in [6, 6.07) is 17.8. The van der Waals surface area contributed by atoms with Crippen LogP contribution in [0.5, 0.6) is 0 Å². The van der Waals surface area contributed by atoms with Crippen LogP contribution in [-0.2, 0) is 17.9 Å². The van der Waals surface area contributed by atoms with Gasteiger partial charge in [0, 0.05) is 17.8 Å². The zero-order valence-electron chi connectivity index (χ0n) is 23.9. The van der Waals surface area contributed by atoms with E-state index in [1.165, 1.54) is 24.3 Å². The van der Waals surface area contributed by atoms with Gasteiger partial charge in [-0.05, 0) is 66.8 Å². The molecule has 4 N–H and O–H groups in total. The van der Waals surface area contributed by atoms with Crippen LogP contribution in [0.4, 0.5) is 22.7 Å². The van der Waals surface area contributed by atoms with E-state index in [0.29, 0.717) is 23.4 Å². The van der Waals surface area contributed by atoms with E-state index in [9.17, 15) is 44.8 Å². The molecule has 0 aliphatic rings. The number of nitrogens with one attached hydrogen (secondary N) is 2. The summed E-state index contributed by atoms with van der Waals surface area (Å²) in [5, 5.41) is 44.2. The highest BCUT2D eigenvalue weighted by atomic mass is 16.6. The number of amides is 1. The molecular weight excluding hydrogens is 588 g/mol. The molecule has 0 heterocycles. The Morgan fingerprint density at radius 1 is 0.756 bits per heavy atom. The zero-order chi connectivity index (χ0) is 32.8. The van der Waals surface area contributed by atoms with Gasteiger partial charge in [-0.2, -0.15) is 0 Å². The summed E-state index contributed by atoms with van der Waals surface area (Å²) >= 11 is 0. The number of aromatic carboxylic acids is 2. The van der Waals surface area contributed by atoms with Crippen LogP contribution < -0.4 is 10.8 Å². The maximum absolute atomic E-state index is 13.0. The molecule has 14 nitrogen and oxygen atoms in total. The van der Waals surface area contributed by atoms with Gasteiger partial charge >= 0.3 is 11.9 Å². The number of nitro groups is 2. The van der Waals surface area contributed by atoms with E-state index in [1.54, 1.807) is 25.1 Å². The van der Waals surface area contributed by atoms with Crippen molar-refractivity contribution < 1.29 is 39.3 Å². The predicted octanol–water partition coefficient (Wildman–Crippen LogP) is 5.90. The minimum Gasteiger partial charge on any atom is -0.478 e. The van der Waals surface area contributed by atoms with Gasteiger partial charge in [-0.25, -0.2) is 9.59 Å². The van der Waals surface area contributed by atoms with Gasteiger partial charge in [-0.1, -0.05) is 36.4 Å². The number of nitro benzene ring substituents is 2. The average Bonchev–Trinajstić information content (AvgIpc) is 2.98. The molecule has 0 radical (unpaired) electrons. The Bertz CT molecular complexity index is 1790. The van der Waals surface area contributed by atoms with Crippen LogP contribution >= 0.6 is 0 Å². The smallest absolute Gasteiger partial charge is 0.336 e. The van der Waals surface area contributed by atoms with Crippen molar-refractivity contribution in [2.75, 3.05) is 10.8 Å². The maximum Gasteiger partial charge on any atom is 0.336 e. The Morgan fingerprint density at radius 2 is 1.29 bits per heavy atom. The summed E-state index contributed by atoms with van der Waals surface area (Å²) in [6.45, 7) is 3.19. The van der Waals surface area contributed by atoms with E-state index in [0.717, 1.165) is 28.8 Å². The molecule has 4 aromatic rings. The summed E-state index contributed by atoms with van der Waals surface area (Å²) < 4.78 is 0. The lowest BCUT2D eigenvalue weighted by Gasteiger charge is -2.14. The number of hydrogen-bond acceptors (Lipinski definition) is 9. The second kappa shape index (κ2) is 13.4. The predicted molar refractivity (Wildman–Crippen MR) is 162 cm³/mol. The molecule has 0 aromatic heterocycles. The molecule has 0 aliphatic carbocycles.